The van der Waals surface area contributed by atoms with Gasteiger partial charge in [0.1, 0.15) is 23.6 Å². The van der Waals surface area contributed by atoms with Crippen LogP contribution < -0.4 is 4.57 Å². The van der Waals surface area contributed by atoms with Crippen molar-refractivity contribution < 1.29 is 24.1 Å². The summed E-state index contributed by atoms with van der Waals surface area (Å²) >= 11 is 0. The third kappa shape index (κ3) is 3.35. The Bertz CT molecular complexity index is 1910. The summed E-state index contributed by atoms with van der Waals surface area (Å²) in [7, 11) is 1.75. The smallest absolute Gasteiger partial charge is 0.297 e. The Morgan fingerprint density at radius 2 is 1.79 bits per heavy atom. The first-order valence-corrected chi connectivity index (χ1v) is 11.1. The van der Waals surface area contributed by atoms with Crippen LogP contribution in [-0.2, 0) is 7.05 Å². The fraction of sp³-hybridized carbons (Fsp3) is 0.333. The fourth-order valence-electron chi connectivity index (χ4n) is 4.70. The van der Waals surface area contributed by atoms with E-state index in [0.29, 0.717) is 33.4 Å². The van der Waals surface area contributed by atoms with Crippen LogP contribution in [0.15, 0.2) is 53.2 Å². The Kier molecular flexibility index (Phi) is 3.08. The molecule has 0 aliphatic rings. The first kappa shape index (κ1) is 12.9. The van der Waals surface area contributed by atoms with E-state index in [1.807, 2.05) is 13.0 Å². The van der Waals surface area contributed by atoms with Gasteiger partial charge in [0.25, 0.3) is 5.82 Å². The van der Waals surface area contributed by atoms with E-state index in [-0.39, 0.29) is 28.1 Å². The van der Waals surface area contributed by atoms with E-state index < -0.39 is 32.3 Å². The van der Waals surface area contributed by atoms with Gasteiger partial charge in [-0.15, -0.1) is 0 Å². The number of rotatable bonds is 4. The van der Waals surface area contributed by atoms with E-state index in [2.05, 4.69) is 4.98 Å². The van der Waals surface area contributed by atoms with Crippen LogP contribution in [0.2, 0.25) is 0 Å². The van der Waals surface area contributed by atoms with Gasteiger partial charge in [-0.25, -0.2) is 9.55 Å². The summed E-state index contributed by atoms with van der Waals surface area (Å²) in [4.78, 5) is 4.48. The minimum atomic E-state index is -2.81. The maximum Gasteiger partial charge on any atom is 0.297 e. The number of pyridine rings is 1. The molecule has 3 aromatic heterocycles. The van der Waals surface area contributed by atoms with Crippen molar-refractivity contribution in [2.24, 2.45) is 7.05 Å². The lowest BCUT2D eigenvalue weighted by Crippen LogP contribution is -2.29. The van der Waals surface area contributed by atoms with Gasteiger partial charge in [0.15, 0.2) is 5.58 Å². The number of imidazole rings is 1. The first-order chi connectivity index (χ1) is 20.5. The van der Waals surface area contributed by atoms with Gasteiger partial charge < -0.3 is 4.42 Å². The summed E-state index contributed by atoms with van der Waals surface area (Å²) in [5, 5.41) is 0.854. The topological polar surface area (TPSA) is 34.8 Å². The number of hydrogen-bond acceptors (Lipinski definition) is 2. The van der Waals surface area contributed by atoms with Crippen molar-refractivity contribution in [2.75, 3.05) is 0 Å². The van der Waals surface area contributed by atoms with Crippen molar-refractivity contribution in [3.63, 3.8) is 0 Å². The lowest BCUT2D eigenvalue weighted by Gasteiger charge is -2.18. The standard InChI is InChI=1S/C30H34N3O/c1-17(2)22-10-9-11-23(18(3)4)27(22)33-15-14-32(8)30(33)26-19(5)12-13-24-25-20(6)16-21(7)31-29(25)34-28(24)26/h9-18H,1-8H3/q+1/i1D3,3D3,6D3,17D,18D. The van der Waals surface area contributed by atoms with E-state index in [4.69, 9.17) is 19.5 Å². The molecule has 0 aliphatic heterocycles. The fourth-order valence-corrected chi connectivity index (χ4v) is 4.70. The third-order valence-electron chi connectivity index (χ3n) is 6.26. The number of aromatic nitrogens is 3. The summed E-state index contributed by atoms with van der Waals surface area (Å²) < 4.78 is 101. The second kappa shape index (κ2) is 8.12. The highest BCUT2D eigenvalue weighted by atomic mass is 16.3. The Morgan fingerprint density at radius 3 is 2.47 bits per heavy atom. The van der Waals surface area contributed by atoms with Gasteiger partial charge in [-0.2, -0.15) is 4.57 Å². The highest BCUT2D eigenvalue weighted by Gasteiger charge is 2.29. The molecule has 5 aromatic rings. The van der Waals surface area contributed by atoms with Crippen molar-refractivity contribution in [1.29, 1.82) is 0 Å². The van der Waals surface area contributed by atoms with E-state index in [1.165, 1.54) is 38.1 Å². The zero-order valence-electron chi connectivity index (χ0n) is 30.9. The second-order valence-corrected chi connectivity index (χ2v) is 8.78. The molecular weight excluding hydrogens is 418 g/mol. The van der Waals surface area contributed by atoms with E-state index in [0.717, 1.165) is 5.56 Å². The number of para-hydroxylation sites is 1. The molecular formula is C30H34N3O+. The average Bonchev–Trinajstić information content (AvgIpc) is 3.45. The predicted molar refractivity (Wildman–Crippen MR) is 140 cm³/mol. The van der Waals surface area contributed by atoms with Crippen molar-refractivity contribution >= 4 is 22.1 Å². The van der Waals surface area contributed by atoms with Gasteiger partial charge in [-0.05, 0) is 49.7 Å². The predicted octanol–water partition coefficient (Wildman–Crippen LogP) is 7.44. The van der Waals surface area contributed by atoms with Gasteiger partial charge in [0.05, 0.1) is 12.4 Å². The summed E-state index contributed by atoms with van der Waals surface area (Å²) in [6, 6.07) is 9.52. The van der Waals surface area contributed by atoms with Gasteiger partial charge >= 0.3 is 0 Å². The van der Waals surface area contributed by atoms with E-state index in [9.17, 15) is 0 Å². The summed E-state index contributed by atoms with van der Waals surface area (Å²) in [5.41, 5.74) is 2.39. The monoisotopic (exact) mass is 463 g/mol. The van der Waals surface area contributed by atoms with Crippen molar-refractivity contribution in [3.8, 4) is 17.1 Å². The molecule has 0 fully saturated rings. The molecule has 5 rings (SSSR count). The molecule has 0 amide bonds. The highest BCUT2D eigenvalue weighted by molar-refractivity contribution is 6.10. The maximum atomic E-state index is 9.03. The molecule has 4 heteroatoms. The van der Waals surface area contributed by atoms with Crippen LogP contribution in [0.25, 0.3) is 39.1 Å². The molecule has 174 valence electrons. The number of nitrogens with zero attached hydrogens (tertiary/aromatic N) is 3. The Labute approximate surface area is 217 Å². The zero-order valence-corrected chi connectivity index (χ0v) is 19.9. The molecule has 0 spiro atoms. The number of furan rings is 1. The zero-order chi connectivity index (χ0) is 33.7. The van der Waals surface area contributed by atoms with Crippen LogP contribution in [0.3, 0.4) is 0 Å². The minimum absolute atomic E-state index is 0.0107. The van der Waals surface area contributed by atoms with Crippen molar-refractivity contribution in [1.82, 2.24) is 9.55 Å². The second-order valence-electron chi connectivity index (χ2n) is 8.78. The molecule has 0 N–H and O–H groups in total. The normalized spacial score (nSPS) is 21.4. The largest absolute Gasteiger partial charge is 0.437 e. The number of aryl methyl sites for hydroxylation is 4. The summed E-state index contributed by atoms with van der Waals surface area (Å²) in [5.74, 6) is -3.96. The quantitative estimate of drug-likeness (QED) is 0.260. The van der Waals surface area contributed by atoms with Crippen LogP contribution in [-0.4, -0.2) is 9.55 Å². The van der Waals surface area contributed by atoms with Crippen LogP contribution in [0.1, 0.15) is 82.4 Å². The first-order valence-electron chi connectivity index (χ1n) is 16.6. The van der Waals surface area contributed by atoms with Crippen LogP contribution in [0.4, 0.5) is 0 Å². The number of benzene rings is 2. The maximum absolute atomic E-state index is 9.03. The Balaban J connectivity index is 1.96. The molecule has 0 saturated heterocycles. The molecule has 0 aliphatic carbocycles. The molecule has 2 unspecified atom stereocenters. The van der Waals surface area contributed by atoms with Crippen molar-refractivity contribution in [3.05, 3.63) is 76.7 Å². The third-order valence-corrected chi connectivity index (χ3v) is 6.26. The van der Waals surface area contributed by atoms with Crippen LogP contribution in [0.5, 0.6) is 0 Å². The highest BCUT2D eigenvalue weighted by Crippen LogP contribution is 2.40. The van der Waals surface area contributed by atoms with Crippen LogP contribution in [0, 0.1) is 20.7 Å². The molecule has 0 saturated carbocycles. The lowest BCUT2D eigenvalue weighted by atomic mass is 9.92. The van der Waals surface area contributed by atoms with Gasteiger partial charge in [-0.1, -0.05) is 57.9 Å². The molecule has 2 atom stereocenters. The SMILES string of the molecule is [2H]C([2H])([2H])c1cc(C)nc2oc3c(-c4n(-c5c(C([2H])(C)C([2H])([2H])[2H])cccc5C([2H])(C)C([2H])([2H])[2H])cc[n+]4C)c(C)ccc3c12. The number of hydrogen-bond donors (Lipinski definition) is 0. The van der Waals surface area contributed by atoms with Gasteiger partial charge in [0, 0.05) is 37.3 Å². The molecule has 2 aromatic carbocycles. The summed E-state index contributed by atoms with van der Waals surface area (Å²) in [6.07, 6.45) is 3.32. The van der Waals surface area contributed by atoms with Gasteiger partial charge in [0.2, 0.25) is 5.71 Å². The lowest BCUT2D eigenvalue weighted by molar-refractivity contribution is -0.659. The van der Waals surface area contributed by atoms with Crippen molar-refractivity contribution in [2.45, 2.75) is 60.0 Å². The molecule has 0 radical (unpaired) electrons. The molecule has 0 bridgehead atoms. The van der Waals surface area contributed by atoms with E-state index in [1.54, 1.807) is 41.6 Å². The molecule has 3 heterocycles. The van der Waals surface area contributed by atoms with Gasteiger partial charge in [-0.3, -0.25) is 0 Å². The molecule has 34 heavy (non-hydrogen) atoms. The molecule has 4 nitrogen and oxygen atoms in total. The Hall–Kier alpha value is -3.40. The minimum Gasteiger partial charge on any atom is -0.437 e. The Morgan fingerprint density at radius 1 is 1.06 bits per heavy atom. The summed E-state index contributed by atoms with van der Waals surface area (Å²) in [6.45, 7) is -2.05. The number of fused-ring (bicyclic) bond motifs is 3. The van der Waals surface area contributed by atoms with Crippen LogP contribution >= 0.6 is 0 Å². The van der Waals surface area contributed by atoms with E-state index >= 15 is 0 Å². The average molecular weight is 464 g/mol.